The average Bonchev–Trinajstić information content (AvgIpc) is 2.67. The number of hydrogen-bond acceptors (Lipinski definition) is 5. The number of amides is 1. The number of hydrogen-bond donors (Lipinski definition) is 1. The van der Waals surface area contributed by atoms with Crippen LogP contribution in [-0.4, -0.2) is 31.7 Å². The minimum atomic E-state index is -0.990. The Morgan fingerprint density at radius 1 is 1.11 bits per heavy atom. The van der Waals surface area contributed by atoms with Crippen molar-refractivity contribution in [2.45, 2.75) is 26.5 Å². The SMILES string of the molecule is CCOc1ccc(C(=O)O[C@H](C)C(=O)NCc2ccc(F)cc2)cc1OC. The van der Waals surface area contributed by atoms with Crippen molar-refractivity contribution in [2.75, 3.05) is 13.7 Å². The average molecular weight is 375 g/mol. The van der Waals surface area contributed by atoms with Gasteiger partial charge in [-0.2, -0.15) is 0 Å². The molecular weight excluding hydrogens is 353 g/mol. The van der Waals surface area contributed by atoms with Crippen LogP contribution in [-0.2, 0) is 16.1 Å². The molecule has 0 saturated carbocycles. The number of carbonyl (C=O) groups excluding carboxylic acids is 2. The third-order valence-corrected chi connectivity index (χ3v) is 3.73. The van der Waals surface area contributed by atoms with Crippen molar-refractivity contribution in [3.8, 4) is 11.5 Å². The van der Waals surface area contributed by atoms with Gasteiger partial charge in [-0.3, -0.25) is 4.79 Å². The lowest BCUT2D eigenvalue weighted by atomic mass is 10.2. The molecule has 1 amide bonds. The maximum atomic E-state index is 12.9. The zero-order valence-corrected chi connectivity index (χ0v) is 15.5. The van der Waals surface area contributed by atoms with Crippen LogP contribution in [0.5, 0.6) is 11.5 Å². The Labute approximate surface area is 157 Å². The molecule has 2 rings (SSSR count). The van der Waals surface area contributed by atoms with Crippen LogP contribution in [0.3, 0.4) is 0 Å². The second-order valence-corrected chi connectivity index (χ2v) is 5.69. The Morgan fingerprint density at radius 2 is 1.81 bits per heavy atom. The van der Waals surface area contributed by atoms with E-state index in [1.54, 1.807) is 24.3 Å². The predicted molar refractivity (Wildman–Crippen MR) is 97.3 cm³/mol. The number of rotatable bonds is 8. The van der Waals surface area contributed by atoms with E-state index in [1.807, 2.05) is 6.92 Å². The summed E-state index contributed by atoms with van der Waals surface area (Å²) in [4.78, 5) is 24.4. The summed E-state index contributed by atoms with van der Waals surface area (Å²) in [6, 6.07) is 10.4. The van der Waals surface area contributed by atoms with Gasteiger partial charge in [-0.25, -0.2) is 9.18 Å². The summed E-state index contributed by atoms with van der Waals surface area (Å²) in [7, 11) is 1.47. The Bertz CT molecular complexity index is 791. The minimum absolute atomic E-state index is 0.206. The van der Waals surface area contributed by atoms with Crippen molar-refractivity contribution >= 4 is 11.9 Å². The van der Waals surface area contributed by atoms with Crippen LogP contribution in [0.25, 0.3) is 0 Å². The summed E-state index contributed by atoms with van der Waals surface area (Å²) >= 11 is 0. The molecule has 7 heteroatoms. The summed E-state index contributed by atoms with van der Waals surface area (Å²) in [6.07, 6.45) is -0.990. The van der Waals surface area contributed by atoms with Crippen LogP contribution < -0.4 is 14.8 Å². The number of esters is 1. The maximum absolute atomic E-state index is 12.9. The third-order valence-electron chi connectivity index (χ3n) is 3.73. The highest BCUT2D eigenvalue weighted by Gasteiger charge is 2.20. The topological polar surface area (TPSA) is 73.9 Å². The molecule has 2 aromatic carbocycles. The lowest BCUT2D eigenvalue weighted by Crippen LogP contribution is -2.35. The largest absolute Gasteiger partial charge is 0.493 e. The van der Waals surface area contributed by atoms with Gasteiger partial charge >= 0.3 is 5.97 Å². The highest BCUT2D eigenvalue weighted by atomic mass is 19.1. The van der Waals surface area contributed by atoms with Gasteiger partial charge in [0, 0.05) is 6.54 Å². The van der Waals surface area contributed by atoms with Gasteiger partial charge in [0.25, 0.3) is 5.91 Å². The number of nitrogens with one attached hydrogen (secondary N) is 1. The van der Waals surface area contributed by atoms with E-state index in [9.17, 15) is 14.0 Å². The van der Waals surface area contributed by atoms with Crippen molar-refractivity contribution in [3.63, 3.8) is 0 Å². The fourth-order valence-corrected chi connectivity index (χ4v) is 2.29. The van der Waals surface area contributed by atoms with Gasteiger partial charge in [0.2, 0.25) is 0 Å². The summed E-state index contributed by atoms with van der Waals surface area (Å²) < 4.78 is 28.7. The number of benzene rings is 2. The van der Waals surface area contributed by atoms with Crippen LogP contribution >= 0.6 is 0 Å². The first-order valence-corrected chi connectivity index (χ1v) is 8.48. The Kier molecular flexibility index (Phi) is 7.16. The standard InChI is InChI=1S/C20H22FNO5/c1-4-26-17-10-7-15(11-18(17)25-3)20(24)27-13(2)19(23)22-12-14-5-8-16(21)9-6-14/h5-11,13H,4,12H2,1-3H3,(H,22,23)/t13-/m1/s1. The van der Waals surface area contributed by atoms with Crippen LogP contribution in [0.1, 0.15) is 29.8 Å². The van der Waals surface area contributed by atoms with Crippen molar-refractivity contribution in [3.05, 3.63) is 59.4 Å². The minimum Gasteiger partial charge on any atom is -0.493 e. The molecule has 27 heavy (non-hydrogen) atoms. The summed E-state index contributed by atoms with van der Waals surface area (Å²) in [6.45, 7) is 3.99. The number of methoxy groups -OCH3 is 1. The zero-order valence-electron chi connectivity index (χ0n) is 15.5. The summed E-state index contributed by atoms with van der Waals surface area (Å²) in [5, 5.41) is 2.64. The molecular formula is C20H22FNO5. The van der Waals surface area contributed by atoms with Crippen LogP contribution in [0, 0.1) is 5.82 Å². The number of ether oxygens (including phenoxy) is 3. The third kappa shape index (κ3) is 5.70. The Morgan fingerprint density at radius 3 is 2.44 bits per heavy atom. The molecule has 1 atom stereocenters. The van der Waals surface area contributed by atoms with Crippen molar-refractivity contribution in [1.82, 2.24) is 5.32 Å². The first-order chi connectivity index (χ1) is 12.9. The molecule has 2 aromatic rings. The number of halogens is 1. The normalized spacial score (nSPS) is 11.4. The maximum Gasteiger partial charge on any atom is 0.339 e. The van der Waals surface area contributed by atoms with Gasteiger partial charge in [0.1, 0.15) is 5.82 Å². The van der Waals surface area contributed by atoms with Gasteiger partial charge in [0.05, 0.1) is 19.3 Å². The van der Waals surface area contributed by atoms with E-state index in [0.29, 0.717) is 18.1 Å². The predicted octanol–water partition coefficient (Wildman–Crippen LogP) is 3.09. The smallest absolute Gasteiger partial charge is 0.339 e. The molecule has 0 aromatic heterocycles. The van der Waals surface area contributed by atoms with Crippen LogP contribution in [0.4, 0.5) is 4.39 Å². The zero-order chi connectivity index (χ0) is 19.8. The molecule has 0 aliphatic heterocycles. The monoisotopic (exact) mass is 375 g/mol. The van der Waals surface area contributed by atoms with E-state index in [4.69, 9.17) is 14.2 Å². The van der Waals surface area contributed by atoms with Gasteiger partial charge in [-0.1, -0.05) is 12.1 Å². The first-order valence-electron chi connectivity index (χ1n) is 8.48. The highest BCUT2D eigenvalue weighted by molar-refractivity contribution is 5.92. The summed E-state index contributed by atoms with van der Waals surface area (Å²) in [5.41, 5.74) is 0.980. The lowest BCUT2D eigenvalue weighted by Gasteiger charge is -2.15. The molecule has 6 nitrogen and oxygen atoms in total. The molecule has 1 N–H and O–H groups in total. The quantitative estimate of drug-likeness (QED) is 0.718. The fourth-order valence-electron chi connectivity index (χ4n) is 2.29. The lowest BCUT2D eigenvalue weighted by molar-refractivity contribution is -0.129. The molecule has 0 aliphatic rings. The van der Waals surface area contributed by atoms with Crippen molar-refractivity contribution < 1.29 is 28.2 Å². The number of carbonyl (C=O) groups is 2. The second-order valence-electron chi connectivity index (χ2n) is 5.69. The molecule has 0 heterocycles. The van der Waals surface area contributed by atoms with E-state index in [-0.39, 0.29) is 17.9 Å². The fraction of sp³-hybridized carbons (Fsp3) is 0.300. The molecule has 144 valence electrons. The van der Waals surface area contributed by atoms with E-state index in [1.165, 1.54) is 32.2 Å². The van der Waals surface area contributed by atoms with Crippen LogP contribution in [0.2, 0.25) is 0 Å². The molecule has 0 fully saturated rings. The van der Waals surface area contributed by atoms with E-state index in [2.05, 4.69) is 5.32 Å². The molecule has 0 bridgehead atoms. The van der Waals surface area contributed by atoms with Crippen molar-refractivity contribution in [1.29, 1.82) is 0 Å². The van der Waals surface area contributed by atoms with Crippen LogP contribution in [0.15, 0.2) is 42.5 Å². The molecule has 0 saturated heterocycles. The highest BCUT2D eigenvalue weighted by Crippen LogP contribution is 2.28. The Hall–Kier alpha value is -3.09. The summed E-state index contributed by atoms with van der Waals surface area (Å²) in [5.74, 6) is -0.536. The van der Waals surface area contributed by atoms with E-state index < -0.39 is 18.0 Å². The molecule has 0 spiro atoms. The van der Waals surface area contributed by atoms with E-state index in [0.717, 1.165) is 5.56 Å². The second kappa shape index (κ2) is 9.56. The van der Waals surface area contributed by atoms with Crippen molar-refractivity contribution in [2.24, 2.45) is 0 Å². The van der Waals surface area contributed by atoms with E-state index >= 15 is 0 Å². The molecule has 0 radical (unpaired) electrons. The first kappa shape index (κ1) is 20.2. The molecule has 0 unspecified atom stereocenters. The Balaban J connectivity index is 1.93. The van der Waals surface area contributed by atoms with Gasteiger partial charge < -0.3 is 19.5 Å². The van der Waals surface area contributed by atoms with Gasteiger partial charge in [-0.15, -0.1) is 0 Å². The van der Waals surface area contributed by atoms with Gasteiger partial charge in [-0.05, 0) is 49.7 Å². The van der Waals surface area contributed by atoms with Gasteiger partial charge in [0.15, 0.2) is 17.6 Å². The molecule has 0 aliphatic carbocycles.